The topological polar surface area (TPSA) is 41.1 Å². The lowest BCUT2D eigenvalue weighted by atomic mass is 9.90. The van der Waals surface area contributed by atoms with Crippen molar-refractivity contribution >= 4 is 18.3 Å². The molecule has 0 radical (unpaired) electrons. The molecule has 0 spiro atoms. The number of halogens is 1. The van der Waals surface area contributed by atoms with Gasteiger partial charge >= 0.3 is 0 Å². The van der Waals surface area contributed by atoms with Gasteiger partial charge in [0.05, 0.1) is 0 Å². The molecule has 1 amide bonds. The van der Waals surface area contributed by atoms with Gasteiger partial charge in [0.15, 0.2) is 0 Å². The maximum absolute atomic E-state index is 11.2. The fraction of sp³-hybridized carbons (Fsp3) is 0.375. The zero-order valence-corrected chi connectivity index (χ0v) is 7.36. The Hall–Kier alpha value is -0.800. The smallest absolute Gasteiger partial charge is 0.261 e. The van der Waals surface area contributed by atoms with E-state index in [2.05, 4.69) is 16.9 Å². The molecule has 1 aliphatic heterocycles. The van der Waals surface area contributed by atoms with Crippen molar-refractivity contribution in [1.29, 1.82) is 0 Å². The molecule has 2 N–H and O–H groups in total. The molecule has 2 aliphatic rings. The Morgan fingerprint density at radius 3 is 3.08 bits per heavy atom. The summed E-state index contributed by atoms with van der Waals surface area (Å²) in [6.07, 6.45) is 6.90. The van der Waals surface area contributed by atoms with Crippen LogP contribution in [0.25, 0.3) is 0 Å². The van der Waals surface area contributed by atoms with E-state index < -0.39 is 0 Å². The van der Waals surface area contributed by atoms with E-state index in [-0.39, 0.29) is 18.3 Å². The van der Waals surface area contributed by atoms with E-state index in [9.17, 15) is 4.79 Å². The summed E-state index contributed by atoms with van der Waals surface area (Å²) >= 11 is 0. The summed E-state index contributed by atoms with van der Waals surface area (Å²) in [7, 11) is 0. The van der Waals surface area contributed by atoms with Gasteiger partial charge in [-0.2, -0.15) is 0 Å². The summed E-state index contributed by atoms with van der Waals surface area (Å²) < 4.78 is 0. The number of hydrazine groups is 1. The van der Waals surface area contributed by atoms with Crippen LogP contribution in [0.1, 0.15) is 6.42 Å². The molecule has 66 valence electrons. The highest BCUT2D eigenvalue weighted by molar-refractivity contribution is 5.94. The number of nitrogens with one attached hydrogen (secondary N) is 2. The Bertz CT molecular complexity index is 247. The second-order valence-electron chi connectivity index (χ2n) is 2.82. The molecular weight excluding hydrogens is 176 g/mol. The molecule has 0 saturated carbocycles. The molecule has 4 heteroatoms. The van der Waals surface area contributed by atoms with Crippen LogP contribution in [0.4, 0.5) is 0 Å². The van der Waals surface area contributed by atoms with Gasteiger partial charge in [-0.15, -0.1) is 12.4 Å². The Kier molecular flexibility index (Phi) is 2.89. The highest BCUT2D eigenvalue weighted by Gasteiger charge is 2.24. The number of fused-ring (bicyclic) bond motifs is 1. The lowest BCUT2D eigenvalue weighted by Gasteiger charge is -2.26. The quantitative estimate of drug-likeness (QED) is 0.580. The first kappa shape index (κ1) is 9.29. The van der Waals surface area contributed by atoms with Crippen molar-refractivity contribution in [3.8, 4) is 0 Å². The maximum Gasteiger partial charge on any atom is 0.261 e. The Morgan fingerprint density at radius 1 is 1.50 bits per heavy atom. The molecule has 1 fully saturated rings. The standard InChI is InChI=1S/C8H10N2O.ClH/c11-8-7-4-2-1-3-6(7)5-9-10-8;/h1-2,4,6,9H,3,5H2,(H,10,11);1H. The highest BCUT2D eigenvalue weighted by atomic mass is 35.5. The van der Waals surface area contributed by atoms with E-state index in [1.807, 2.05) is 12.2 Å². The van der Waals surface area contributed by atoms with Crippen LogP contribution in [0.2, 0.25) is 0 Å². The predicted octanol–water partition coefficient (Wildman–Crippen LogP) is 0.545. The van der Waals surface area contributed by atoms with Gasteiger partial charge in [-0.1, -0.05) is 18.2 Å². The molecule has 1 unspecified atom stereocenters. The summed E-state index contributed by atoms with van der Waals surface area (Å²) in [6.45, 7) is 0.849. The summed E-state index contributed by atoms with van der Waals surface area (Å²) in [5.74, 6) is 0.402. The van der Waals surface area contributed by atoms with Crippen LogP contribution in [0.5, 0.6) is 0 Å². The number of rotatable bonds is 0. The lowest BCUT2D eigenvalue weighted by Crippen LogP contribution is -2.48. The number of carbonyl (C=O) groups excluding carboxylic acids is 1. The number of hydrogen-bond donors (Lipinski definition) is 2. The zero-order chi connectivity index (χ0) is 7.68. The molecule has 1 saturated heterocycles. The van der Waals surface area contributed by atoms with Crippen molar-refractivity contribution in [2.24, 2.45) is 5.92 Å². The first-order valence-corrected chi connectivity index (χ1v) is 3.78. The van der Waals surface area contributed by atoms with Gasteiger partial charge in [0.25, 0.3) is 5.91 Å². The molecular formula is C8H11ClN2O. The third-order valence-electron chi connectivity index (χ3n) is 2.08. The van der Waals surface area contributed by atoms with E-state index in [4.69, 9.17) is 0 Å². The van der Waals surface area contributed by atoms with Crippen molar-refractivity contribution in [3.63, 3.8) is 0 Å². The van der Waals surface area contributed by atoms with Crippen LogP contribution in [-0.2, 0) is 4.79 Å². The van der Waals surface area contributed by atoms with Crippen LogP contribution in [0.3, 0.4) is 0 Å². The minimum absolute atomic E-state index is 0. The Morgan fingerprint density at radius 2 is 2.33 bits per heavy atom. The fourth-order valence-corrected chi connectivity index (χ4v) is 1.46. The zero-order valence-electron chi connectivity index (χ0n) is 6.54. The van der Waals surface area contributed by atoms with Gasteiger partial charge < -0.3 is 0 Å². The van der Waals surface area contributed by atoms with Crippen LogP contribution >= 0.6 is 12.4 Å². The minimum atomic E-state index is 0. The Balaban J connectivity index is 0.000000720. The fourth-order valence-electron chi connectivity index (χ4n) is 1.46. The highest BCUT2D eigenvalue weighted by Crippen LogP contribution is 2.21. The summed E-state index contributed by atoms with van der Waals surface area (Å²) in [6, 6.07) is 0. The first-order valence-electron chi connectivity index (χ1n) is 3.78. The molecule has 0 bridgehead atoms. The summed E-state index contributed by atoms with van der Waals surface area (Å²) in [5.41, 5.74) is 6.36. The van der Waals surface area contributed by atoms with Gasteiger partial charge in [0, 0.05) is 18.0 Å². The second kappa shape index (κ2) is 3.74. The van der Waals surface area contributed by atoms with Gasteiger partial charge in [-0.25, -0.2) is 5.43 Å². The van der Waals surface area contributed by atoms with Crippen LogP contribution in [0.15, 0.2) is 23.8 Å². The van der Waals surface area contributed by atoms with Crippen molar-refractivity contribution in [1.82, 2.24) is 10.9 Å². The van der Waals surface area contributed by atoms with Crippen molar-refractivity contribution < 1.29 is 4.79 Å². The van der Waals surface area contributed by atoms with E-state index in [0.717, 1.165) is 18.5 Å². The molecule has 1 atom stereocenters. The number of carbonyl (C=O) groups is 1. The van der Waals surface area contributed by atoms with Crippen molar-refractivity contribution in [2.75, 3.05) is 6.54 Å². The third-order valence-corrected chi connectivity index (χ3v) is 2.08. The number of allylic oxidation sites excluding steroid dienone is 3. The van der Waals surface area contributed by atoms with Crippen LogP contribution < -0.4 is 10.9 Å². The Labute approximate surface area is 77.3 Å². The predicted molar refractivity (Wildman–Crippen MR) is 48.7 cm³/mol. The third kappa shape index (κ3) is 1.52. The average molecular weight is 187 g/mol. The largest absolute Gasteiger partial charge is 0.288 e. The molecule has 2 rings (SSSR count). The van der Waals surface area contributed by atoms with Crippen LogP contribution in [0, 0.1) is 5.92 Å². The van der Waals surface area contributed by atoms with Gasteiger partial charge in [0.1, 0.15) is 0 Å². The summed E-state index contributed by atoms with van der Waals surface area (Å²) in [5, 5.41) is 0. The van der Waals surface area contributed by atoms with Crippen molar-refractivity contribution in [3.05, 3.63) is 23.8 Å². The van der Waals surface area contributed by atoms with Gasteiger partial charge in [0.2, 0.25) is 0 Å². The number of hydrogen-bond acceptors (Lipinski definition) is 2. The molecule has 0 aromatic carbocycles. The average Bonchev–Trinajstić information content (AvgIpc) is 2.06. The summed E-state index contributed by atoms with van der Waals surface area (Å²) in [4.78, 5) is 11.2. The van der Waals surface area contributed by atoms with E-state index in [1.54, 1.807) is 0 Å². The van der Waals surface area contributed by atoms with Gasteiger partial charge in [-0.05, 0) is 6.42 Å². The van der Waals surface area contributed by atoms with E-state index in [0.29, 0.717) is 5.92 Å². The van der Waals surface area contributed by atoms with Crippen molar-refractivity contribution in [2.45, 2.75) is 6.42 Å². The molecule has 12 heavy (non-hydrogen) atoms. The van der Waals surface area contributed by atoms with Gasteiger partial charge in [-0.3, -0.25) is 10.2 Å². The minimum Gasteiger partial charge on any atom is -0.288 e. The molecule has 0 aromatic rings. The normalized spacial score (nSPS) is 26.5. The van der Waals surface area contributed by atoms with E-state index >= 15 is 0 Å². The van der Waals surface area contributed by atoms with Crippen LogP contribution in [-0.4, -0.2) is 12.5 Å². The monoisotopic (exact) mass is 186 g/mol. The lowest BCUT2D eigenvalue weighted by molar-refractivity contribution is -0.120. The molecule has 0 aromatic heterocycles. The molecule has 1 aliphatic carbocycles. The number of amides is 1. The maximum atomic E-state index is 11.2. The molecule has 1 heterocycles. The first-order chi connectivity index (χ1) is 5.38. The molecule has 3 nitrogen and oxygen atoms in total. The SMILES string of the molecule is Cl.O=C1NNCC2CC=CC=C12. The van der Waals surface area contributed by atoms with E-state index in [1.165, 1.54) is 0 Å². The second-order valence-corrected chi connectivity index (χ2v) is 2.82.